The number of Topliss-reactive ketones (excluding diaryl/α,β-unsaturated/α-hetero) is 1. The lowest BCUT2D eigenvalue weighted by Gasteiger charge is -2.16. The zero-order valence-corrected chi connectivity index (χ0v) is 8.18. The van der Waals surface area contributed by atoms with Crippen LogP contribution in [0, 0.1) is 0 Å². The van der Waals surface area contributed by atoms with Crippen molar-refractivity contribution in [1.82, 2.24) is 0 Å². The van der Waals surface area contributed by atoms with Gasteiger partial charge in [-0.05, 0) is 0 Å². The van der Waals surface area contributed by atoms with E-state index in [4.69, 9.17) is 0 Å². The third-order valence-corrected chi connectivity index (χ3v) is 1.93. The summed E-state index contributed by atoms with van der Waals surface area (Å²) in [6.07, 6.45) is 0. The van der Waals surface area contributed by atoms with E-state index in [9.17, 15) is 26.5 Å². The van der Waals surface area contributed by atoms with Gasteiger partial charge in [0, 0.05) is 12.5 Å². The Labute approximate surface area is 88.3 Å². The minimum absolute atomic E-state index is 0.348. The van der Waals surface area contributed by atoms with Crippen molar-refractivity contribution < 1.29 is 26.5 Å². The van der Waals surface area contributed by atoms with E-state index in [1.54, 1.807) is 0 Å². The second-order valence-electron chi connectivity index (χ2n) is 3.42. The fourth-order valence-electron chi connectivity index (χ4n) is 1.14. The van der Waals surface area contributed by atoms with Crippen LogP contribution in [0.1, 0.15) is 17.3 Å². The number of hydrogen-bond acceptors (Lipinski definition) is 1. The Morgan fingerprint density at radius 2 is 1.81 bits per heavy atom. The molecule has 0 N–H and O–H groups in total. The van der Waals surface area contributed by atoms with Gasteiger partial charge in [0.25, 0.3) is 0 Å². The maximum atomic E-state index is 12.6. The summed E-state index contributed by atoms with van der Waals surface area (Å²) in [5.74, 6) is -5.29. The summed E-state index contributed by atoms with van der Waals surface area (Å²) in [5.41, 5.74) is -1.70. The van der Waals surface area contributed by atoms with Gasteiger partial charge in [-0.15, -0.1) is 5.46 Å². The van der Waals surface area contributed by atoms with Crippen LogP contribution in [0.3, 0.4) is 0 Å². The van der Waals surface area contributed by atoms with Gasteiger partial charge in [-0.25, -0.2) is 0 Å². The quantitative estimate of drug-likeness (QED) is 0.448. The molecular weight excluding hydrogens is 230 g/mol. The third kappa shape index (κ3) is 2.80. The molecule has 0 unspecified atom stereocenters. The van der Waals surface area contributed by atoms with Gasteiger partial charge in [-0.1, -0.05) is 24.3 Å². The molecule has 0 aliphatic carbocycles. The van der Waals surface area contributed by atoms with Crippen LogP contribution in [0.4, 0.5) is 21.7 Å². The van der Waals surface area contributed by atoms with Crippen LogP contribution in [-0.2, 0) is 0 Å². The molecule has 1 aromatic rings. The first-order valence-electron chi connectivity index (χ1n) is 4.35. The number of carbonyl (C=O) groups is 1. The average molecular weight is 237 g/mol. The van der Waals surface area contributed by atoms with E-state index >= 15 is 0 Å². The molecule has 0 atom stereocenters. The molecule has 0 amide bonds. The van der Waals surface area contributed by atoms with E-state index in [2.05, 4.69) is 0 Å². The van der Waals surface area contributed by atoms with Gasteiger partial charge in [0.15, 0.2) is 0 Å². The molecule has 0 saturated carbocycles. The zero-order valence-electron chi connectivity index (χ0n) is 8.18. The predicted octanol–water partition coefficient (Wildman–Crippen LogP) is 2.58. The first kappa shape index (κ1) is 12.7. The zero-order chi connectivity index (χ0) is 12.6. The molecular formula is C9H7BF5O-. The fourth-order valence-corrected chi connectivity index (χ4v) is 1.14. The molecule has 0 radical (unpaired) electrons. The summed E-state index contributed by atoms with van der Waals surface area (Å²) in [6, 6.07) is 3.05. The Balaban J connectivity index is 3.14. The van der Waals surface area contributed by atoms with E-state index in [1.165, 1.54) is 0 Å². The summed E-state index contributed by atoms with van der Waals surface area (Å²) in [7, 11) is 0. The largest absolute Gasteiger partial charge is 0.509 e. The van der Waals surface area contributed by atoms with Gasteiger partial charge in [-0.2, -0.15) is 8.78 Å². The van der Waals surface area contributed by atoms with Crippen LogP contribution >= 0.6 is 0 Å². The van der Waals surface area contributed by atoms with Crippen molar-refractivity contribution in [2.24, 2.45) is 0 Å². The van der Waals surface area contributed by atoms with Gasteiger partial charge < -0.3 is 12.9 Å². The molecule has 0 heterocycles. The minimum atomic E-state index is -5.29. The first-order chi connectivity index (χ1) is 7.12. The Morgan fingerprint density at radius 3 is 2.25 bits per heavy atom. The summed E-state index contributed by atoms with van der Waals surface area (Å²) >= 11 is 0. The second kappa shape index (κ2) is 3.88. The summed E-state index contributed by atoms with van der Waals surface area (Å²) in [5, 5.41) is 0. The highest BCUT2D eigenvalue weighted by molar-refractivity contribution is 6.73. The van der Waals surface area contributed by atoms with E-state index < -0.39 is 29.7 Å². The van der Waals surface area contributed by atoms with Crippen molar-refractivity contribution in [3.05, 3.63) is 29.8 Å². The van der Waals surface area contributed by atoms with E-state index in [-0.39, 0.29) is 0 Å². The molecule has 0 bridgehead atoms. The van der Waals surface area contributed by atoms with E-state index in [1.807, 2.05) is 0 Å². The first-order valence-corrected chi connectivity index (χ1v) is 4.35. The molecule has 16 heavy (non-hydrogen) atoms. The minimum Gasteiger partial charge on any atom is -0.445 e. The Bertz CT molecular complexity index is 407. The lowest BCUT2D eigenvalue weighted by molar-refractivity contribution is 0.0222. The highest BCUT2D eigenvalue weighted by atomic mass is 19.4. The van der Waals surface area contributed by atoms with Crippen LogP contribution < -0.4 is 5.46 Å². The maximum absolute atomic E-state index is 12.6. The van der Waals surface area contributed by atoms with Gasteiger partial charge >= 0.3 is 12.9 Å². The summed E-state index contributed by atoms with van der Waals surface area (Å²) in [6.45, 7) is -4.94. The molecule has 0 aliphatic heterocycles. The smallest absolute Gasteiger partial charge is 0.445 e. The highest BCUT2D eigenvalue weighted by Gasteiger charge is 2.34. The number of carbonyl (C=O) groups excluding carboxylic acids is 1. The number of halogens is 5. The SMILES string of the molecule is CC(F)(F)C(=O)c1cccc([B-](F)(F)F)c1. The Hall–Kier alpha value is -1.40. The van der Waals surface area contributed by atoms with Gasteiger partial charge in [0.2, 0.25) is 5.78 Å². The molecule has 1 nitrogen and oxygen atoms in total. The molecule has 0 aromatic heterocycles. The molecule has 0 spiro atoms. The normalized spacial score (nSPS) is 12.6. The maximum Gasteiger partial charge on any atom is 0.509 e. The Kier molecular flexibility index (Phi) is 3.07. The third-order valence-electron chi connectivity index (χ3n) is 1.93. The predicted molar refractivity (Wildman–Crippen MR) is 50.1 cm³/mol. The second-order valence-corrected chi connectivity index (χ2v) is 3.42. The molecule has 1 aromatic carbocycles. The topological polar surface area (TPSA) is 17.1 Å². The van der Waals surface area contributed by atoms with Crippen molar-refractivity contribution in [2.45, 2.75) is 12.8 Å². The number of ketones is 1. The van der Waals surface area contributed by atoms with Crippen LogP contribution in [0.5, 0.6) is 0 Å². The summed E-state index contributed by atoms with van der Waals surface area (Å²) in [4.78, 5) is 11.0. The molecule has 7 heteroatoms. The highest BCUT2D eigenvalue weighted by Crippen LogP contribution is 2.19. The number of hydrogen-bond donors (Lipinski definition) is 0. The number of alkyl halides is 2. The van der Waals surface area contributed by atoms with Crippen LogP contribution in [0.2, 0.25) is 0 Å². The molecule has 1 rings (SSSR count). The number of rotatable bonds is 3. The Morgan fingerprint density at radius 1 is 1.25 bits per heavy atom. The molecule has 88 valence electrons. The van der Waals surface area contributed by atoms with Crippen molar-refractivity contribution in [2.75, 3.05) is 0 Å². The van der Waals surface area contributed by atoms with Crippen LogP contribution in [-0.4, -0.2) is 18.7 Å². The van der Waals surface area contributed by atoms with Crippen LogP contribution in [0.25, 0.3) is 0 Å². The lowest BCUT2D eigenvalue weighted by Crippen LogP contribution is -2.35. The van der Waals surface area contributed by atoms with E-state index in [0.717, 1.165) is 18.2 Å². The van der Waals surface area contributed by atoms with Crippen molar-refractivity contribution in [3.63, 3.8) is 0 Å². The lowest BCUT2D eigenvalue weighted by atomic mass is 9.79. The summed E-state index contributed by atoms with van der Waals surface area (Å²) < 4.78 is 62.1. The van der Waals surface area contributed by atoms with Gasteiger partial charge in [0.1, 0.15) is 0 Å². The van der Waals surface area contributed by atoms with E-state index in [0.29, 0.717) is 13.0 Å². The van der Waals surface area contributed by atoms with Crippen molar-refractivity contribution in [1.29, 1.82) is 0 Å². The molecule has 0 fully saturated rings. The molecule has 0 saturated heterocycles. The fraction of sp³-hybridized carbons (Fsp3) is 0.222. The number of benzene rings is 1. The van der Waals surface area contributed by atoms with Gasteiger partial charge in [0.05, 0.1) is 0 Å². The molecule has 0 aliphatic rings. The van der Waals surface area contributed by atoms with Crippen molar-refractivity contribution >= 4 is 18.2 Å². The standard InChI is InChI=1S/C9H7BF5O/c1-9(11,12)8(16)6-3-2-4-7(5-6)10(13,14)15/h2-5H,1H3/q-1. The average Bonchev–Trinajstić information content (AvgIpc) is 2.14. The van der Waals surface area contributed by atoms with Gasteiger partial charge in [-0.3, -0.25) is 4.79 Å². The van der Waals surface area contributed by atoms with Crippen LogP contribution in [0.15, 0.2) is 24.3 Å². The van der Waals surface area contributed by atoms with Crippen molar-refractivity contribution in [3.8, 4) is 0 Å². The monoisotopic (exact) mass is 237 g/mol.